The van der Waals surface area contributed by atoms with E-state index in [1.54, 1.807) is 30.3 Å². The Morgan fingerprint density at radius 3 is 2.41 bits per heavy atom. The Morgan fingerprint density at radius 2 is 1.70 bits per heavy atom. The van der Waals surface area contributed by atoms with Crippen LogP contribution in [0.2, 0.25) is 0 Å². The second-order valence-corrected chi connectivity index (χ2v) is 6.00. The quantitative estimate of drug-likeness (QED) is 0.612. The molecule has 0 fully saturated rings. The minimum atomic E-state index is -0.723. The third kappa shape index (κ3) is 4.06. The SMILES string of the molecule is CN(C)c1cccc(C(=O)NNC(=O)c2nn(-c3ccccc3)cc2O)c1. The van der Waals surface area contributed by atoms with Gasteiger partial charge < -0.3 is 10.0 Å². The highest BCUT2D eigenvalue weighted by Crippen LogP contribution is 2.18. The number of para-hydroxylation sites is 1. The first-order chi connectivity index (χ1) is 13.0. The second kappa shape index (κ2) is 7.61. The van der Waals surface area contributed by atoms with Crippen molar-refractivity contribution in [2.45, 2.75) is 0 Å². The topological polar surface area (TPSA) is 99.5 Å². The monoisotopic (exact) mass is 365 g/mol. The summed E-state index contributed by atoms with van der Waals surface area (Å²) in [6.07, 6.45) is 1.33. The third-order valence-corrected chi connectivity index (χ3v) is 3.85. The standard InChI is InChI=1S/C19H19N5O3/c1-23(2)15-10-6-7-13(11-15)18(26)20-21-19(27)17-16(25)12-24(22-17)14-8-4-3-5-9-14/h3-12,25H,1-2H3,(H,20,26)(H,21,27). The van der Waals surface area contributed by atoms with Gasteiger partial charge in [-0.1, -0.05) is 24.3 Å². The third-order valence-electron chi connectivity index (χ3n) is 3.85. The van der Waals surface area contributed by atoms with Gasteiger partial charge in [-0.05, 0) is 30.3 Å². The van der Waals surface area contributed by atoms with Crippen molar-refractivity contribution in [1.82, 2.24) is 20.6 Å². The molecule has 27 heavy (non-hydrogen) atoms. The Labute approximate surface area is 156 Å². The molecule has 3 rings (SSSR count). The summed E-state index contributed by atoms with van der Waals surface area (Å²) in [7, 11) is 3.73. The number of aromatic hydroxyl groups is 1. The van der Waals surface area contributed by atoms with E-state index >= 15 is 0 Å². The van der Waals surface area contributed by atoms with Gasteiger partial charge in [0.2, 0.25) is 0 Å². The molecule has 0 saturated carbocycles. The number of rotatable bonds is 4. The van der Waals surface area contributed by atoms with Crippen molar-refractivity contribution < 1.29 is 14.7 Å². The fourth-order valence-electron chi connectivity index (χ4n) is 2.41. The van der Waals surface area contributed by atoms with E-state index in [-0.39, 0.29) is 11.4 Å². The van der Waals surface area contributed by atoms with Crippen molar-refractivity contribution in [3.8, 4) is 11.4 Å². The summed E-state index contributed by atoms with van der Waals surface area (Å²) in [5.41, 5.74) is 6.33. The van der Waals surface area contributed by atoms with Crippen LogP contribution in [0.15, 0.2) is 60.8 Å². The summed E-state index contributed by atoms with van der Waals surface area (Å²) < 4.78 is 1.38. The molecular weight excluding hydrogens is 346 g/mol. The highest BCUT2D eigenvalue weighted by Gasteiger charge is 2.18. The molecule has 0 radical (unpaired) electrons. The maximum Gasteiger partial charge on any atom is 0.294 e. The number of anilines is 1. The maximum absolute atomic E-state index is 12.3. The molecule has 0 bridgehead atoms. The molecule has 1 heterocycles. The smallest absolute Gasteiger partial charge is 0.294 e. The van der Waals surface area contributed by atoms with Crippen molar-refractivity contribution in [1.29, 1.82) is 0 Å². The van der Waals surface area contributed by atoms with Crippen molar-refractivity contribution in [2.24, 2.45) is 0 Å². The van der Waals surface area contributed by atoms with E-state index in [1.807, 2.05) is 43.3 Å². The van der Waals surface area contributed by atoms with E-state index in [0.717, 1.165) is 5.69 Å². The van der Waals surface area contributed by atoms with Gasteiger partial charge in [-0.2, -0.15) is 5.10 Å². The molecule has 1 aromatic heterocycles. The first kappa shape index (κ1) is 18.0. The van der Waals surface area contributed by atoms with E-state index in [0.29, 0.717) is 11.3 Å². The Kier molecular flexibility index (Phi) is 5.07. The molecule has 3 N–H and O–H groups in total. The number of hydrazine groups is 1. The number of hydrogen-bond donors (Lipinski definition) is 3. The van der Waals surface area contributed by atoms with E-state index < -0.39 is 11.8 Å². The zero-order valence-electron chi connectivity index (χ0n) is 14.9. The lowest BCUT2D eigenvalue weighted by Gasteiger charge is -2.13. The van der Waals surface area contributed by atoms with Crippen LogP contribution in [-0.2, 0) is 0 Å². The van der Waals surface area contributed by atoms with Gasteiger partial charge in [0.05, 0.1) is 11.9 Å². The summed E-state index contributed by atoms with van der Waals surface area (Å²) in [4.78, 5) is 26.4. The number of aromatic nitrogens is 2. The summed E-state index contributed by atoms with van der Waals surface area (Å²) in [6.45, 7) is 0. The fraction of sp³-hybridized carbons (Fsp3) is 0.105. The van der Waals surface area contributed by atoms with Crippen LogP contribution in [0.25, 0.3) is 5.69 Å². The van der Waals surface area contributed by atoms with Crippen LogP contribution in [0.4, 0.5) is 5.69 Å². The first-order valence-corrected chi connectivity index (χ1v) is 8.18. The molecular formula is C19H19N5O3. The Balaban J connectivity index is 1.68. The van der Waals surface area contributed by atoms with Gasteiger partial charge in [-0.15, -0.1) is 0 Å². The molecule has 0 aliphatic rings. The van der Waals surface area contributed by atoms with E-state index in [1.165, 1.54) is 10.9 Å². The molecule has 8 nitrogen and oxygen atoms in total. The van der Waals surface area contributed by atoms with Crippen molar-refractivity contribution in [3.63, 3.8) is 0 Å². The molecule has 0 aliphatic heterocycles. The molecule has 8 heteroatoms. The largest absolute Gasteiger partial charge is 0.504 e. The van der Waals surface area contributed by atoms with Crippen LogP contribution >= 0.6 is 0 Å². The Bertz CT molecular complexity index is 966. The van der Waals surface area contributed by atoms with Gasteiger partial charge in [0.1, 0.15) is 0 Å². The number of nitrogens with one attached hydrogen (secondary N) is 2. The van der Waals surface area contributed by atoms with E-state index in [4.69, 9.17) is 0 Å². The van der Waals surface area contributed by atoms with Crippen molar-refractivity contribution >= 4 is 17.5 Å². The van der Waals surface area contributed by atoms with Gasteiger partial charge in [-0.25, -0.2) is 4.68 Å². The zero-order chi connectivity index (χ0) is 19.4. The molecule has 2 aromatic carbocycles. The summed E-state index contributed by atoms with van der Waals surface area (Å²) >= 11 is 0. The van der Waals surface area contributed by atoms with Crippen molar-refractivity contribution in [2.75, 3.05) is 19.0 Å². The fourth-order valence-corrected chi connectivity index (χ4v) is 2.41. The normalized spacial score (nSPS) is 10.3. The van der Waals surface area contributed by atoms with Crippen molar-refractivity contribution in [3.05, 3.63) is 72.1 Å². The first-order valence-electron chi connectivity index (χ1n) is 8.18. The van der Waals surface area contributed by atoms with Crippen LogP contribution in [0.1, 0.15) is 20.8 Å². The lowest BCUT2D eigenvalue weighted by molar-refractivity contribution is 0.0842. The molecule has 0 saturated heterocycles. The number of carbonyl (C=O) groups is 2. The molecule has 0 aliphatic carbocycles. The lowest BCUT2D eigenvalue weighted by atomic mass is 10.2. The highest BCUT2D eigenvalue weighted by molar-refractivity contribution is 5.99. The average Bonchev–Trinajstić information content (AvgIpc) is 3.08. The number of carbonyl (C=O) groups excluding carboxylic acids is 2. The van der Waals surface area contributed by atoms with Gasteiger partial charge in [0, 0.05) is 25.3 Å². The van der Waals surface area contributed by atoms with Gasteiger partial charge in [0.15, 0.2) is 11.4 Å². The van der Waals surface area contributed by atoms with Crippen LogP contribution in [0.5, 0.6) is 5.75 Å². The number of nitrogens with zero attached hydrogens (tertiary/aromatic N) is 3. The van der Waals surface area contributed by atoms with Crippen LogP contribution < -0.4 is 15.8 Å². The minimum Gasteiger partial charge on any atom is -0.504 e. The van der Waals surface area contributed by atoms with Crippen LogP contribution in [0.3, 0.4) is 0 Å². The number of amides is 2. The predicted molar refractivity (Wildman–Crippen MR) is 101 cm³/mol. The van der Waals surface area contributed by atoms with Gasteiger partial charge in [0.25, 0.3) is 11.8 Å². The highest BCUT2D eigenvalue weighted by atomic mass is 16.3. The molecule has 0 spiro atoms. The van der Waals surface area contributed by atoms with Gasteiger partial charge >= 0.3 is 0 Å². The lowest BCUT2D eigenvalue weighted by Crippen LogP contribution is -2.41. The summed E-state index contributed by atoms with van der Waals surface area (Å²) in [5, 5.41) is 14.0. The minimum absolute atomic E-state index is 0.193. The molecule has 138 valence electrons. The number of benzene rings is 2. The molecule has 2 amide bonds. The van der Waals surface area contributed by atoms with Crippen LogP contribution in [0, 0.1) is 0 Å². The molecule has 0 atom stereocenters. The maximum atomic E-state index is 12.3. The zero-order valence-corrected chi connectivity index (χ0v) is 14.9. The average molecular weight is 365 g/mol. The second-order valence-electron chi connectivity index (χ2n) is 6.00. The Morgan fingerprint density at radius 1 is 1.00 bits per heavy atom. The predicted octanol–water partition coefficient (Wildman–Crippen LogP) is 1.72. The van der Waals surface area contributed by atoms with E-state index in [2.05, 4.69) is 16.0 Å². The summed E-state index contributed by atoms with van der Waals surface area (Å²) in [5.74, 6) is -1.49. The van der Waals surface area contributed by atoms with E-state index in [9.17, 15) is 14.7 Å². The molecule has 3 aromatic rings. The Hall–Kier alpha value is -3.81. The molecule has 0 unspecified atom stereocenters. The summed E-state index contributed by atoms with van der Waals surface area (Å²) in [6, 6.07) is 16.0. The van der Waals surface area contributed by atoms with Gasteiger partial charge in [-0.3, -0.25) is 20.4 Å². The van der Waals surface area contributed by atoms with Crippen LogP contribution in [-0.4, -0.2) is 40.8 Å². The number of hydrogen-bond acceptors (Lipinski definition) is 5.